The Balaban J connectivity index is 1.39. The van der Waals surface area contributed by atoms with Gasteiger partial charge in [-0.25, -0.2) is 0 Å². The van der Waals surface area contributed by atoms with Gasteiger partial charge in [-0.3, -0.25) is 9.69 Å². The topological polar surface area (TPSA) is 62.2 Å². The number of hydrogen-bond acceptors (Lipinski definition) is 5. The maximum absolute atomic E-state index is 12.4. The summed E-state index contributed by atoms with van der Waals surface area (Å²) in [5.74, 6) is 0.925. The Labute approximate surface area is 155 Å². The van der Waals surface area contributed by atoms with Gasteiger partial charge in [0.15, 0.2) is 0 Å². The first kappa shape index (κ1) is 19.1. The first-order chi connectivity index (χ1) is 12.5. The van der Waals surface area contributed by atoms with Crippen molar-refractivity contribution in [3.8, 4) is 5.75 Å². The molecule has 2 heterocycles. The van der Waals surface area contributed by atoms with Gasteiger partial charge >= 0.3 is 0 Å². The van der Waals surface area contributed by atoms with E-state index in [4.69, 9.17) is 9.47 Å². The summed E-state index contributed by atoms with van der Waals surface area (Å²) in [6.45, 7) is 8.56. The maximum Gasteiger partial charge on any atom is 0.251 e. The zero-order valence-electron chi connectivity index (χ0n) is 15.8. The third-order valence-corrected chi connectivity index (χ3v) is 5.00. The number of amides is 1. The predicted octanol–water partition coefficient (Wildman–Crippen LogP) is 1.37. The molecule has 2 unspecified atom stereocenters. The van der Waals surface area contributed by atoms with Crippen molar-refractivity contribution in [1.29, 1.82) is 0 Å². The number of aryl methyl sites for hydroxylation is 2. The molecule has 1 amide bonds. The van der Waals surface area contributed by atoms with Crippen molar-refractivity contribution in [2.24, 2.45) is 0 Å². The molecule has 2 aliphatic rings. The first-order valence-corrected chi connectivity index (χ1v) is 9.53. The van der Waals surface area contributed by atoms with Crippen LogP contribution in [0.15, 0.2) is 18.2 Å². The maximum atomic E-state index is 12.4. The highest BCUT2D eigenvalue weighted by Gasteiger charge is 2.30. The van der Waals surface area contributed by atoms with Gasteiger partial charge in [0.05, 0.1) is 0 Å². The van der Waals surface area contributed by atoms with E-state index in [2.05, 4.69) is 11.0 Å². The van der Waals surface area contributed by atoms with E-state index in [0.29, 0.717) is 26.2 Å². The Morgan fingerprint density at radius 1 is 1.23 bits per heavy atom. The number of benzene rings is 1. The first-order valence-electron chi connectivity index (χ1n) is 9.53. The zero-order chi connectivity index (χ0) is 18.5. The summed E-state index contributed by atoms with van der Waals surface area (Å²) < 4.78 is 11.2. The summed E-state index contributed by atoms with van der Waals surface area (Å²) in [5.41, 5.74) is 2.31. The number of carbonyl (C=O) groups is 1. The van der Waals surface area contributed by atoms with Gasteiger partial charge < -0.3 is 19.5 Å². The second-order valence-electron chi connectivity index (χ2n) is 7.42. The second-order valence-corrected chi connectivity index (χ2v) is 7.42. The molecule has 0 aliphatic carbocycles. The lowest BCUT2D eigenvalue weighted by Gasteiger charge is -2.36. The molecule has 1 aromatic rings. The van der Waals surface area contributed by atoms with E-state index in [9.17, 15) is 9.90 Å². The van der Waals surface area contributed by atoms with Crippen LogP contribution in [0.3, 0.4) is 0 Å². The van der Waals surface area contributed by atoms with Gasteiger partial charge in [0.25, 0.3) is 5.91 Å². The van der Waals surface area contributed by atoms with Crippen molar-refractivity contribution < 1.29 is 19.4 Å². The van der Waals surface area contributed by atoms with E-state index in [1.54, 1.807) is 0 Å². The van der Waals surface area contributed by atoms with Crippen molar-refractivity contribution in [2.75, 3.05) is 45.9 Å². The number of ether oxygens (including phenoxy) is 2. The van der Waals surface area contributed by atoms with E-state index in [-0.39, 0.29) is 18.6 Å². The van der Waals surface area contributed by atoms with Gasteiger partial charge in [0.1, 0.15) is 24.6 Å². The Hall–Kier alpha value is -1.63. The monoisotopic (exact) mass is 362 g/mol. The molecule has 1 N–H and O–H groups in total. The number of rotatable bonds is 6. The molecular weight excluding hydrogens is 332 g/mol. The largest absolute Gasteiger partial charge is 0.491 e. The molecule has 1 aromatic carbocycles. The molecule has 2 atom stereocenters. The molecule has 6 heteroatoms. The smallest absolute Gasteiger partial charge is 0.251 e. The van der Waals surface area contributed by atoms with E-state index in [0.717, 1.165) is 42.8 Å². The van der Waals surface area contributed by atoms with Crippen LogP contribution in [0, 0.1) is 13.8 Å². The van der Waals surface area contributed by atoms with Gasteiger partial charge in [-0.1, -0.05) is 6.07 Å². The normalized spacial score (nSPS) is 22.4. The zero-order valence-corrected chi connectivity index (χ0v) is 15.8. The van der Waals surface area contributed by atoms with Crippen molar-refractivity contribution in [2.45, 2.75) is 38.9 Å². The lowest BCUT2D eigenvalue weighted by molar-refractivity contribution is -0.142. The molecule has 0 bridgehead atoms. The molecule has 0 saturated carbocycles. The summed E-state index contributed by atoms with van der Waals surface area (Å²) >= 11 is 0. The van der Waals surface area contributed by atoms with Gasteiger partial charge in [0.2, 0.25) is 0 Å². The Kier molecular flexibility index (Phi) is 6.51. The summed E-state index contributed by atoms with van der Waals surface area (Å²) in [6.07, 6.45) is 1.03. The predicted molar refractivity (Wildman–Crippen MR) is 99.4 cm³/mol. The molecule has 3 rings (SSSR count). The lowest BCUT2D eigenvalue weighted by Crippen LogP contribution is -2.53. The van der Waals surface area contributed by atoms with Crippen LogP contribution < -0.4 is 4.74 Å². The van der Waals surface area contributed by atoms with Gasteiger partial charge in [-0.2, -0.15) is 0 Å². The summed E-state index contributed by atoms with van der Waals surface area (Å²) in [6, 6.07) is 6.06. The van der Waals surface area contributed by atoms with E-state index in [1.807, 2.05) is 30.9 Å². The van der Waals surface area contributed by atoms with Crippen LogP contribution in [0.25, 0.3) is 0 Å². The fourth-order valence-electron chi connectivity index (χ4n) is 3.69. The molecule has 2 saturated heterocycles. The van der Waals surface area contributed by atoms with Crippen molar-refractivity contribution in [3.05, 3.63) is 29.3 Å². The number of carbonyl (C=O) groups excluding carboxylic acids is 1. The fraction of sp³-hybridized carbons (Fsp3) is 0.650. The van der Waals surface area contributed by atoms with Crippen LogP contribution in [0.5, 0.6) is 5.75 Å². The highest BCUT2D eigenvalue weighted by Crippen LogP contribution is 2.17. The molecule has 2 fully saturated rings. The van der Waals surface area contributed by atoms with Gasteiger partial charge in [0, 0.05) is 39.3 Å². The molecule has 26 heavy (non-hydrogen) atoms. The quantitative estimate of drug-likeness (QED) is 0.828. The molecule has 6 nitrogen and oxygen atoms in total. The lowest BCUT2D eigenvalue weighted by atomic mass is 10.1. The minimum absolute atomic E-state index is 0.126. The SMILES string of the molecule is Cc1cc(C)cc(OCC(O)CN2CCN(C(=O)C3CCCO3)CC2)c1. The van der Waals surface area contributed by atoms with Crippen molar-refractivity contribution in [1.82, 2.24) is 9.80 Å². The number of hydrogen-bond donors (Lipinski definition) is 1. The highest BCUT2D eigenvalue weighted by molar-refractivity contribution is 5.81. The second kappa shape index (κ2) is 8.84. The summed E-state index contributed by atoms with van der Waals surface area (Å²) in [5, 5.41) is 10.3. The molecule has 144 valence electrons. The molecule has 0 radical (unpaired) electrons. The van der Waals surface area contributed by atoms with Crippen LogP contribution >= 0.6 is 0 Å². The molecule has 0 spiro atoms. The molecule has 0 aromatic heterocycles. The number of nitrogens with zero attached hydrogens (tertiary/aromatic N) is 2. The van der Waals surface area contributed by atoms with Gasteiger partial charge in [-0.05, 0) is 49.9 Å². The number of piperazine rings is 1. The van der Waals surface area contributed by atoms with Crippen LogP contribution in [0.2, 0.25) is 0 Å². The van der Waals surface area contributed by atoms with Crippen LogP contribution in [-0.2, 0) is 9.53 Å². The average Bonchev–Trinajstić information content (AvgIpc) is 3.14. The third-order valence-electron chi connectivity index (χ3n) is 5.00. The van der Waals surface area contributed by atoms with E-state index >= 15 is 0 Å². The van der Waals surface area contributed by atoms with E-state index < -0.39 is 6.10 Å². The Morgan fingerprint density at radius 2 is 1.92 bits per heavy atom. The van der Waals surface area contributed by atoms with Gasteiger partial charge in [-0.15, -0.1) is 0 Å². The van der Waals surface area contributed by atoms with E-state index in [1.165, 1.54) is 0 Å². The fourth-order valence-corrected chi connectivity index (χ4v) is 3.69. The Morgan fingerprint density at radius 3 is 2.54 bits per heavy atom. The Bertz CT molecular complexity index is 588. The average molecular weight is 362 g/mol. The minimum Gasteiger partial charge on any atom is -0.491 e. The minimum atomic E-state index is -0.545. The van der Waals surface area contributed by atoms with Crippen LogP contribution in [0.4, 0.5) is 0 Å². The number of aliphatic hydroxyl groups excluding tert-OH is 1. The number of β-amino-alcohol motifs (C(OH)–C–C–N with tert-alkyl or cyclic N) is 1. The molecular formula is C20H30N2O4. The van der Waals surface area contributed by atoms with Crippen molar-refractivity contribution in [3.63, 3.8) is 0 Å². The standard InChI is InChI=1S/C20H30N2O4/c1-15-10-16(2)12-18(11-15)26-14-17(23)13-21-5-7-22(8-6-21)20(24)19-4-3-9-25-19/h10-12,17,19,23H,3-9,13-14H2,1-2H3. The highest BCUT2D eigenvalue weighted by atomic mass is 16.5. The van der Waals surface area contributed by atoms with Crippen molar-refractivity contribution >= 4 is 5.91 Å². The summed E-state index contributed by atoms with van der Waals surface area (Å²) in [7, 11) is 0. The third kappa shape index (κ3) is 5.19. The molecule has 2 aliphatic heterocycles. The summed E-state index contributed by atoms with van der Waals surface area (Å²) in [4.78, 5) is 16.4. The van der Waals surface area contributed by atoms with Crippen LogP contribution in [0.1, 0.15) is 24.0 Å². The number of aliphatic hydroxyl groups is 1. The van der Waals surface area contributed by atoms with Crippen LogP contribution in [-0.4, -0.2) is 79.0 Å².